The number of hydrogen-bond acceptors (Lipinski definition) is 7. The maximum Gasteiger partial charge on any atom is 0.405 e. The number of carboxylic acid groups (broad SMARTS) is 1. The summed E-state index contributed by atoms with van der Waals surface area (Å²) in [6.45, 7) is 1.65. The Kier molecular flexibility index (Phi) is 7.96. The van der Waals surface area contributed by atoms with Crippen molar-refractivity contribution in [1.29, 1.82) is 0 Å². The number of amides is 4. The molecule has 5 aliphatic rings. The maximum absolute atomic E-state index is 14.3. The number of benzene rings is 2. The van der Waals surface area contributed by atoms with Gasteiger partial charge in [-0.25, -0.2) is 13.2 Å². The summed E-state index contributed by atoms with van der Waals surface area (Å²) >= 11 is 0. The lowest BCUT2D eigenvalue weighted by molar-refractivity contribution is -0.141. The fourth-order valence-corrected chi connectivity index (χ4v) is 9.01. The molecule has 3 heterocycles. The van der Waals surface area contributed by atoms with Crippen LogP contribution in [-0.4, -0.2) is 76.8 Å². The van der Waals surface area contributed by atoms with Crippen molar-refractivity contribution in [2.24, 2.45) is 5.92 Å². The first-order chi connectivity index (χ1) is 22.9. The summed E-state index contributed by atoms with van der Waals surface area (Å²) in [7, 11) is -3.96. The Balaban J connectivity index is 1.22. The van der Waals surface area contributed by atoms with Crippen LogP contribution in [0.5, 0.6) is 5.75 Å². The number of ether oxygens (including phenoxy) is 1. The average Bonchev–Trinajstić information content (AvgIpc) is 3.94. The minimum atomic E-state index is -3.96. The zero-order chi connectivity index (χ0) is 33.9. The molecule has 2 saturated carbocycles. The second kappa shape index (κ2) is 11.8. The lowest BCUT2D eigenvalue weighted by Gasteiger charge is -2.36. The number of carbonyl (C=O) groups is 4. The van der Waals surface area contributed by atoms with Crippen LogP contribution in [0.1, 0.15) is 76.7 Å². The van der Waals surface area contributed by atoms with Crippen LogP contribution in [0.3, 0.4) is 0 Å². The molecule has 0 unspecified atom stereocenters. The standard InChI is InChI=1S/C35H42N4O8S/c1-33(17-18-33)48(45,46)38-31(42)35-19-23(35)10-5-3-2-4-6-12-26(36-32(43)44)30(41)39-21-34(20-27(39)29(40)37-35)16-15-25-24-11-8-7-9-22(24)13-14-28(25)47-34/h5,7-11,13-14,23,26-27,36H,2-4,6,12,15-21H2,1H3,(H,37,40)(H,38,42)(H,43,44)/b10-5-/t23-,26+,27+,34+,35-/m1/s1. The third-order valence-electron chi connectivity index (χ3n) is 11.1. The Hall–Kier alpha value is -4.13. The molecule has 0 radical (unpaired) electrons. The summed E-state index contributed by atoms with van der Waals surface area (Å²) in [6.07, 6.45) is 7.99. The van der Waals surface area contributed by atoms with E-state index in [4.69, 9.17) is 4.74 Å². The number of nitrogens with one attached hydrogen (secondary N) is 3. The molecule has 4 amide bonds. The second-order valence-electron chi connectivity index (χ2n) is 14.5. The first kappa shape index (κ1) is 32.4. The zero-order valence-electron chi connectivity index (χ0n) is 27.0. The molecule has 1 spiro atoms. The number of rotatable bonds is 4. The Morgan fingerprint density at radius 3 is 2.60 bits per heavy atom. The van der Waals surface area contributed by atoms with E-state index < -0.39 is 67.7 Å². The zero-order valence-corrected chi connectivity index (χ0v) is 27.8. The molecule has 12 nitrogen and oxygen atoms in total. The van der Waals surface area contributed by atoms with Gasteiger partial charge in [0.15, 0.2) is 0 Å². The van der Waals surface area contributed by atoms with Gasteiger partial charge in [0.25, 0.3) is 5.91 Å². The van der Waals surface area contributed by atoms with E-state index in [1.807, 2.05) is 48.6 Å². The van der Waals surface area contributed by atoms with Gasteiger partial charge in [0.05, 0.1) is 11.3 Å². The molecule has 2 aliphatic carbocycles. The van der Waals surface area contributed by atoms with Gasteiger partial charge in [-0.15, -0.1) is 0 Å². The minimum absolute atomic E-state index is 0.0588. The lowest BCUT2D eigenvalue weighted by atomic mass is 9.87. The van der Waals surface area contributed by atoms with E-state index in [9.17, 15) is 32.7 Å². The maximum atomic E-state index is 14.3. The van der Waals surface area contributed by atoms with Crippen LogP contribution in [-0.2, 0) is 30.8 Å². The Labute approximate surface area is 279 Å². The summed E-state index contributed by atoms with van der Waals surface area (Å²) in [5.74, 6) is -1.64. The van der Waals surface area contributed by atoms with Crippen molar-refractivity contribution < 1.29 is 37.4 Å². The molecular formula is C35H42N4O8S. The van der Waals surface area contributed by atoms with Crippen molar-refractivity contribution in [2.45, 2.75) is 106 Å². The monoisotopic (exact) mass is 678 g/mol. The highest BCUT2D eigenvalue weighted by Crippen LogP contribution is 2.48. The smallest absolute Gasteiger partial charge is 0.405 e. The van der Waals surface area contributed by atoms with Gasteiger partial charge >= 0.3 is 6.09 Å². The number of sulfonamides is 1. The fraction of sp³-hybridized carbons (Fsp3) is 0.543. The van der Waals surface area contributed by atoms with E-state index in [0.29, 0.717) is 44.3 Å². The predicted molar refractivity (Wildman–Crippen MR) is 177 cm³/mol. The average molecular weight is 679 g/mol. The summed E-state index contributed by atoms with van der Waals surface area (Å²) in [4.78, 5) is 55.5. The molecule has 0 aromatic heterocycles. The highest BCUT2D eigenvalue weighted by atomic mass is 32.2. The molecular weight excluding hydrogens is 636 g/mol. The van der Waals surface area contributed by atoms with Crippen LogP contribution in [0, 0.1) is 5.92 Å². The van der Waals surface area contributed by atoms with Gasteiger partial charge in [-0.2, -0.15) is 0 Å². The minimum Gasteiger partial charge on any atom is -0.485 e. The molecule has 0 bridgehead atoms. The van der Waals surface area contributed by atoms with Crippen LogP contribution < -0.4 is 20.1 Å². The number of allylic oxidation sites excluding steroid dienone is 1. The van der Waals surface area contributed by atoms with Crippen molar-refractivity contribution in [3.63, 3.8) is 0 Å². The molecule has 256 valence electrons. The molecule has 48 heavy (non-hydrogen) atoms. The van der Waals surface area contributed by atoms with E-state index in [-0.39, 0.29) is 25.8 Å². The molecule has 2 aromatic carbocycles. The second-order valence-corrected chi connectivity index (χ2v) is 16.7. The topological polar surface area (TPSA) is 171 Å². The summed E-state index contributed by atoms with van der Waals surface area (Å²) in [5.41, 5.74) is -1.36. The molecule has 3 aliphatic heterocycles. The Bertz CT molecular complexity index is 1820. The largest absolute Gasteiger partial charge is 0.485 e. The van der Waals surface area contributed by atoms with E-state index >= 15 is 0 Å². The molecule has 1 saturated heterocycles. The van der Waals surface area contributed by atoms with Crippen LogP contribution in [0.4, 0.5) is 4.79 Å². The van der Waals surface area contributed by atoms with Gasteiger partial charge in [-0.3, -0.25) is 19.1 Å². The van der Waals surface area contributed by atoms with E-state index in [0.717, 1.165) is 29.2 Å². The predicted octanol–water partition coefficient (Wildman–Crippen LogP) is 3.53. The highest BCUT2D eigenvalue weighted by molar-refractivity contribution is 7.91. The van der Waals surface area contributed by atoms with Gasteiger partial charge in [0.1, 0.15) is 29.0 Å². The third kappa shape index (κ3) is 5.79. The van der Waals surface area contributed by atoms with E-state index in [1.165, 1.54) is 4.90 Å². The molecule has 7 rings (SSSR count). The molecule has 2 aromatic rings. The van der Waals surface area contributed by atoms with Crippen LogP contribution in [0.2, 0.25) is 0 Å². The fourth-order valence-electron chi connectivity index (χ4n) is 7.70. The van der Waals surface area contributed by atoms with Crippen molar-refractivity contribution in [1.82, 2.24) is 20.3 Å². The third-order valence-corrected chi connectivity index (χ3v) is 13.2. The normalized spacial score (nSPS) is 31.9. The Morgan fingerprint density at radius 2 is 1.83 bits per heavy atom. The number of aryl methyl sites for hydroxylation is 1. The van der Waals surface area contributed by atoms with Gasteiger partial charge < -0.3 is 25.4 Å². The highest BCUT2D eigenvalue weighted by Gasteiger charge is 2.63. The quantitative estimate of drug-likeness (QED) is 0.356. The van der Waals surface area contributed by atoms with Gasteiger partial charge in [-0.1, -0.05) is 55.3 Å². The van der Waals surface area contributed by atoms with Gasteiger partial charge in [0, 0.05) is 17.9 Å². The number of carbonyl (C=O) groups excluding carboxylic acids is 3. The molecule has 5 atom stereocenters. The molecule has 13 heteroatoms. The van der Waals surface area contributed by atoms with Crippen LogP contribution in [0.25, 0.3) is 10.8 Å². The number of nitrogens with zero attached hydrogens (tertiary/aromatic N) is 1. The van der Waals surface area contributed by atoms with Crippen molar-refractivity contribution in [3.05, 3.63) is 54.1 Å². The van der Waals surface area contributed by atoms with Crippen molar-refractivity contribution >= 4 is 44.6 Å². The lowest BCUT2D eigenvalue weighted by Crippen LogP contribution is -2.58. The van der Waals surface area contributed by atoms with E-state index in [1.54, 1.807) is 6.92 Å². The van der Waals surface area contributed by atoms with Gasteiger partial charge in [0.2, 0.25) is 21.8 Å². The van der Waals surface area contributed by atoms with Crippen LogP contribution in [0.15, 0.2) is 48.6 Å². The SMILES string of the molecule is CC1(S(=O)(=O)NC(=O)[C@@]23C[C@H]2/C=C\CCCCC[C@H](NC(=O)O)C(=O)N2C[C@]4(CCc5c(ccc6ccccc56)O4)C[C@H]2C(=O)N3)CC1. The number of fused-ring (bicyclic) bond motifs is 5. The summed E-state index contributed by atoms with van der Waals surface area (Å²) in [6, 6.07) is 9.77. The Morgan fingerprint density at radius 1 is 1.04 bits per heavy atom. The van der Waals surface area contributed by atoms with Crippen LogP contribution >= 0.6 is 0 Å². The van der Waals surface area contributed by atoms with Gasteiger partial charge in [-0.05, 0) is 75.1 Å². The van der Waals surface area contributed by atoms with Crippen molar-refractivity contribution in [2.75, 3.05) is 6.54 Å². The summed E-state index contributed by atoms with van der Waals surface area (Å²) in [5, 5.41) is 17.1. The first-order valence-electron chi connectivity index (χ1n) is 16.9. The van der Waals surface area contributed by atoms with E-state index in [2.05, 4.69) is 15.4 Å². The molecule has 3 fully saturated rings. The molecule has 4 N–H and O–H groups in total. The first-order valence-corrected chi connectivity index (χ1v) is 18.4. The summed E-state index contributed by atoms with van der Waals surface area (Å²) < 4.78 is 34.0. The number of hydrogen-bond donors (Lipinski definition) is 4. The van der Waals surface area contributed by atoms with Crippen molar-refractivity contribution in [3.8, 4) is 5.75 Å².